The first-order valence-corrected chi connectivity index (χ1v) is 4.27. The molecule has 2 nitrogen and oxygen atoms in total. The minimum atomic E-state index is -0.888. The molecule has 1 heterocycles. The van der Waals surface area contributed by atoms with Crippen molar-refractivity contribution in [2.45, 2.75) is 6.42 Å². The standard InChI is InChI=1S/C8H8ClF2NO/c9-2-1-3-13-6-4-7(10)12-8(11)5-6/h4-5H,1-3H2. The molecule has 0 amide bonds. The maximum absolute atomic E-state index is 12.5. The Morgan fingerprint density at radius 3 is 2.46 bits per heavy atom. The van der Waals surface area contributed by atoms with Crippen molar-refractivity contribution in [3.63, 3.8) is 0 Å². The highest BCUT2D eigenvalue weighted by Crippen LogP contribution is 2.12. The van der Waals surface area contributed by atoms with Crippen molar-refractivity contribution in [3.05, 3.63) is 24.0 Å². The van der Waals surface area contributed by atoms with Crippen LogP contribution in [0.4, 0.5) is 8.78 Å². The summed E-state index contributed by atoms with van der Waals surface area (Å²) in [5.74, 6) is -1.19. The van der Waals surface area contributed by atoms with Crippen LogP contribution in [0.1, 0.15) is 6.42 Å². The quantitative estimate of drug-likeness (QED) is 0.430. The van der Waals surface area contributed by atoms with Gasteiger partial charge in [0.2, 0.25) is 11.9 Å². The largest absolute Gasteiger partial charge is 0.493 e. The van der Waals surface area contributed by atoms with E-state index in [4.69, 9.17) is 16.3 Å². The van der Waals surface area contributed by atoms with Gasteiger partial charge < -0.3 is 4.74 Å². The molecule has 1 rings (SSSR count). The molecule has 72 valence electrons. The van der Waals surface area contributed by atoms with Gasteiger partial charge in [0, 0.05) is 18.0 Å². The van der Waals surface area contributed by atoms with Gasteiger partial charge in [-0.05, 0) is 6.42 Å². The minimum Gasteiger partial charge on any atom is -0.493 e. The Morgan fingerprint density at radius 2 is 1.92 bits per heavy atom. The Bertz CT molecular complexity index is 263. The summed E-state index contributed by atoms with van der Waals surface area (Å²) < 4.78 is 30.0. The van der Waals surface area contributed by atoms with Crippen molar-refractivity contribution in [1.82, 2.24) is 4.98 Å². The summed E-state index contributed by atoms with van der Waals surface area (Å²) in [5.41, 5.74) is 0. The van der Waals surface area contributed by atoms with Crippen LogP contribution >= 0.6 is 11.6 Å². The van der Waals surface area contributed by atoms with Gasteiger partial charge in [-0.25, -0.2) is 0 Å². The average Bonchev–Trinajstić information content (AvgIpc) is 2.03. The van der Waals surface area contributed by atoms with E-state index in [-0.39, 0.29) is 5.75 Å². The lowest BCUT2D eigenvalue weighted by Crippen LogP contribution is -1.99. The minimum absolute atomic E-state index is 0.134. The Hall–Kier alpha value is -0.900. The molecule has 0 spiro atoms. The van der Waals surface area contributed by atoms with Crippen LogP contribution in [0.15, 0.2) is 12.1 Å². The summed E-state index contributed by atoms with van der Waals surface area (Å²) in [7, 11) is 0. The second kappa shape index (κ2) is 4.97. The van der Waals surface area contributed by atoms with Crippen LogP contribution < -0.4 is 4.74 Å². The molecule has 13 heavy (non-hydrogen) atoms. The number of alkyl halides is 1. The summed E-state index contributed by atoms with van der Waals surface area (Å²) in [6, 6.07) is 2.05. The Morgan fingerprint density at radius 1 is 1.31 bits per heavy atom. The van der Waals surface area contributed by atoms with Gasteiger partial charge in [0.25, 0.3) is 0 Å². The third-order valence-electron chi connectivity index (χ3n) is 1.28. The fraction of sp³-hybridized carbons (Fsp3) is 0.375. The van der Waals surface area contributed by atoms with Crippen LogP contribution in [0, 0.1) is 11.9 Å². The van der Waals surface area contributed by atoms with Crippen molar-refractivity contribution >= 4 is 11.6 Å². The third-order valence-corrected chi connectivity index (χ3v) is 1.55. The molecule has 0 aliphatic carbocycles. The second-order valence-corrected chi connectivity index (χ2v) is 2.72. The fourth-order valence-corrected chi connectivity index (χ4v) is 0.880. The van der Waals surface area contributed by atoms with E-state index < -0.39 is 11.9 Å². The van der Waals surface area contributed by atoms with Gasteiger partial charge in [-0.15, -0.1) is 11.6 Å². The van der Waals surface area contributed by atoms with E-state index in [0.29, 0.717) is 18.9 Å². The smallest absolute Gasteiger partial charge is 0.219 e. The zero-order chi connectivity index (χ0) is 9.68. The first-order chi connectivity index (χ1) is 6.22. The van der Waals surface area contributed by atoms with E-state index in [2.05, 4.69) is 4.98 Å². The Balaban J connectivity index is 2.56. The van der Waals surface area contributed by atoms with Gasteiger partial charge in [0.1, 0.15) is 5.75 Å². The van der Waals surface area contributed by atoms with E-state index in [0.717, 1.165) is 12.1 Å². The lowest BCUT2D eigenvalue weighted by Gasteiger charge is -2.03. The van der Waals surface area contributed by atoms with Gasteiger partial charge in [0.05, 0.1) is 6.61 Å². The molecule has 0 N–H and O–H groups in total. The van der Waals surface area contributed by atoms with Crippen LogP contribution in [0.5, 0.6) is 5.75 Å². The first kappa shape index (κ1) is 10.2. The molecule has 5 heteroatoms. The molecule has 0 fully saturated rings. The molecule has 0 atom stereocenters. The number of ether oxygens (including phenoxy) is 1. The van der Waals surface area contributed by atoms with Gasteiger partial charge in [-0.1, -0.05) is 0 Å². The normalized spacial score (nSPS) is 10.1. The highest BCUT2D eigenvalue weighted by molar-refractivity contribution is 6.17. The van der Waals surface area contributed by atoms with Gasteiger partial charge >= 0.3 is 0 Å². The van der Waals surface area contributed by atoms with Crippen LogP contribution in [0.2, 0.25) is 0 Å². The lowest BCUT2D eigenvalue weighted by atomic mass is 10.4. The van der Waals surface area contributed by atoms with Crippen molar-refractivity contribution in [2.24, 2.45) is 0 Å². The number of hydrogen-bond donors (Lipinski definition) is 0. The molecule has 0 saturated heterocycles. The van der Waals surface area contributed by atoms with Crippen LogP contribution in [-0.2, 0) is 0 Å². The second-order valence-electron chi connectivity index (χ2n) is 2.34. The molecular formula is C8H8ClF2NO. The topological polar surface area (TPSA) is 22.1 Å². The molecule has 0 aliphatic rings. The molecular weight excluding hydrogens is 200 g/mol. The van der Waals surface area contributed by atoms with Crippen molar-refractivity contribution < 1.29 is 13.5 Å². The maximum atomic E-state index is 12.5. The fourth-order valence-electron chi connectivity index (χ4n) is 0.771. The predicted molar refractivity (Wildman–Crippen MR) is 45.0 cm³/mol. The molecule has 0 unspecified atom stereocenters. The monoisotopic (exact) mass is 207 g/mol. The van der Waals surface area contributed by atoms with Crippen molar-refractivity contribution in [3.8, 4) is 5.75 Å². The maximum Gasteiger partial charge on any atom is 0.219 e. The van der Waals surface area contributed by atoms with Gasteiger partial charge in [0.15, 0.2) is 0 Å². The lowest BCUT2D eigenvalue weighted by molar-refractivity contribution is 0.312. The predicted octanol–water partition coefficient (Wildman–Crippen LogP) is 2.37. The van der Waals surface area contributed by atoms with Crippen LogP contribution in [-0.4, -0.2) is 17.5 Å². The molecule has 0 radical (unpaired) electrons. The molecule has 0 bridgehead atoms. The summed E-state index contributed by atoms with van der Waals surface area (Å²) >= 11 is 5.39. The highest BCUT2D eigenvalue weighted by atomic mass is 35.5. The van der Waals surface area contributed by atoms with E-state index >= 15 is 0 Å². The van der Waals surface area contributed by atoms with Crippen LogP contribution in [0.3, 0.4) is 0 Å². The van der Waals surface area contributed by atoms with Crippen LogP contribution in [0.25, 0.3) is 0 Å². The molecule has 0 aromatic carbocycles. The first-order valence-electron chi connectivity index (χ1n) is 3.74. The highest BCUT2D eigenvalue weighted by Gasteiger charge is 2.01. The summed E-state index contributed by atoms with van der Waals surface area (Å²) in [6.07, 6.45) is 0.632. The third kappa shape index (κ3) is 3.55. The number of pyridine rings is 1. The van der Waals surface area contributed by atoms with E-state index in [1.165, 1.54) is 0 Å². The molecule has 1 aromatic heterocycles. The molecule has 0 saturated carbocycles. The van der Waals surface area contributed by atoms with E-state index in [1.807, 2.05) is 0 Å². The SMILES string of the molecule is Fc1cc(OCCCCl)cc(F)n1. The average molecular weight is 208 g/mol. The van der Waals surface area contributed by atoms with Gasteiger partial charge in [-0.2, -0.15) is 13.8 Å². The molecule has 1 aromatic rings. The van der Waals surface area contributed by atoms with Crippen molar-refractivity contribution in [1.29, 1.82) is 0 Å². The zero-order valence-electron chi connectivity index (χ0n) is 6.77. The number of nitrogens with zero attached hydrogens (tertiary/aromatic N) is 1. The summed E-state index contributed by atoms with van der Waals surface area (Å²) in [4.78, 5) is 2.92. The Labute approximate surface area is 79.5 Å². The number of aromatic nitrogens is 1. The summed E-state index contributed by atoms with van der Waals surface area (Å²) in [5, 5.41) is 0. The summed E-state index contributed by atoms with van der Waals surface area (Å²) in [6.45, 7) is 0.340. The zero-order valence-corrected chi connectivity index (χ0v) is 7.52. The van der Waals surface area contributed by atoms with Gasteiger partial charge in [-0.3, -0.25) is 0 Å². The number of rotatable bonds is 4. The Kier molecular flexibility index (Phi) is 3.89. The van der Waals surface area contributed by atoms with E-state index in [1.54, 1.807) is 0 Å². The van der Waals surface area contributed by atoms with Crippen molar-refractivity contribution in [2.75, 3.05) is 12.5 Å². The number of hydrogen-bond acceptors (Lipinski definition) is 2. The number of halogens is 3. The van der Waals surface area contributed by atoms with E-state index in [9.17, 15) is 8.78 Å². The molecule has 0 aliphatic heterocycles.